The first-order valence-electron chi connectivity index (χ1n) is 6.95. The molecule has 118 valence electrons. The fourth-order valence-electron chi connectivity index (χ4n) is 2.38. The molecule has 0 spiro atoms. The van der Waals surface area contributed by atoms with Crippen molar-refractivity contribution in [2.75, 3.05) is 12.3 Å². The Kier molecular flexibility index (Phi) is 4.97. The first-order valence-corrected chi connectivity index (χ1v) is 8.60. The van der Waals surface area contributed by atoms with Gasteiger partial charge in [0, 0.05) is 13.0 Å². The van der Waals surface area contributed by atoms with Gasteiger partial charge in [-0.05, 0) is 24.1 Å². The third-order valence-electron chi connectivity index (χ3n) is 3.48. The van der Waals surface area contributed by atoms with Gasteiger partial charge in [0.15, 0.2) is 9.84 Å². The molecule has 0 fully saturated rings. The summed E-state index contributed by atoms with van der Waals surface area (Å²) in [7, 11) is -3.26. The van der Waals surface area contributed by atoms with E-state index in [4.69, 9.17) is 0 Å². The number of carbonyl (C=O) groups is 2. The maximum Gasteiger partial charge on any atom is 0.243 e. The van der Waals surface area contributed by atoms with Crippen molar-refractivity contribution in [2.45, 2.75) is 23.8 Å². The van der Waals surface area contributed by atoms with Gasteiger partial charge in [0.2, 0.25) is 11.8 Å². The molecule has 1 aliphatic rings. The molecule has 0 aromatic heterocycles. The third kappa shape index (κ3) is 3.73. The third-order valence-corrected chi connectivity index (χ3v) is 5.29. The fraction of sp³-hybridized carbons (Fsp3) is 0.333. The number of sulfone groups is 1. The van der Waals surface area contributed by atoms with Crippen molar-refractivity contribution in [2.24, 2.45) is 0 Å². The van der Waals surface area contributed by atoms with Crippen molar-refractivity contribution >= 4 is 21.7 Å². The Morgan fingerprint density at radius 2 is 2.05 bits per heavy atom. The summed E-state index contributed by atoms with van der Waals surface area (Å²) in [5, 5.41) is 5.34. The minimum atomic E-state index is -3.26. The number of nitrogens with one attached hydrogen (secondary N) is 2. The van der Waals surface area contributed by atoms with Crippen molar-refractivity contribution in [3.05, 3.63) is 42.5 Å². The molecule has 6 nitrogen and oxygen atoms in total. The zero-order chi connectivity index (χ0) is 16.2. The molecule has 1 aromatic rings. The molecule has 1 aliphatic heterocycles. The van der Waals surface area contributed by atoms with E-state index in [1.54, 1.807) is 24.3 Å². The van der Waals surface area contributed by atoms with E-state index in [-0.39, 0.29) is 41.5 Å². The van der Waals surface area contributed by atoms with Gasteiger partial charge < -0.3 is 10.6 Å². The maximum atomic E-state index is 12.0. The lowest BCUT2D eigenvalue weighted by Gasteiger charge is -2.26. The first-order chi connectivity index (χ1) is 10.4. The van der Waals surface area contributed by atoms with Gasteiger partial charge in [0.1, 0.15) is 0 Å². The molecule has 1 aromatic carbocycles. The van der Waals surface area contributed by atoms with Crippen molar-refractivity contribution in [3.63, 3.8) is 0 Å². The molecule has 7 heteroatoms. The van der Waals surface area contributed by atoms with Crippen LogP contribution in [-0.4, -0.2) is 32.5 Å². The normalized spacial score (nSPS) is 18.8. The van der Waals surface area contributed by atoms with Crippen LogP contribution in [-0.2, 0) is 19.4 Å². The van der Waals surface area contributed by atoms with Crippen LogP contribution in [0.5, 0.6) is 0 Å². The van der Waals surface area contributed by atoms with E-state index in [1.807, 2.05) is 0 Å². The molecule has 0 saturated heterocycles. The Balaban J connectivity index is 2.01. The predicted octanol–water partition coefficient (Wildman–Crippen LogP) is 0.714. The highest BCUT2D eigenvalue weighted by molar-refractivity contribution is 7.91. The Labute approximate surface area is 129 Å². The summed E-state index contributed by atoms with van der Waals surface area (Å²) < 4.78 is 24.0. The zero-order valence-electron chi connectivity index (χ0n) is 12.0. The number of rotatable bonds is 5. The van der Waals surface area contributed by atoms with E-state index in [0.29, 0.717) is 12.0 Å². The van der Waals surface area contributed by atoms with E-state index in [9.17, 15) is 18.0 Å². The van der Waals surface area contributed by atoms with E-state index in [1.165, 1.54) is 0 Å². The number of benzene rings is 1. The average Bonchev–Trinajstić information content (AvgIpc) is 2.50. The molecule has 0 radical (unpaired) electrons. The van der Waals surface area contributed by atoms with Crippen LogP contribution in [0, 0.1) is 0 Å². The minimum Gasteiger partial charge on any atom is -0.352 e. The highest BCUT2D eigenvalue weighted by Gasteiger charge is 2.30. The van der Waals surface area contributed by atoms with Gasteiger partial charge >= 0.3 is 0 Å². The van der Waals surface area contributed by atoms with Gasteiger partial charge in [-0.15, -0.1) is 0 Å². The Hall–Kier alpha value is -2.15. The quantitative estimate of drug-likeness (QED) is 0.781. The van der Waals surface area contributed by atoms with Crippen LogP contribution >= 0.6 is 0 Å². The summed E-state index contributed by atoms with van der Waals surface area (Å²) in [4.78, 5) is 23.2. The van der Waals surface area contributed by atoms with E-state index in [0.717, 1.165) is 6.08 Å². The summed E-state index contributed by atoms with van der Waals surface area (Å²) >= 11 is 0. The standard InChI is InChI=1S/C15H18N2O4S/c1-2-14(18)16-9-7-15(19)17-12-8-10-22(20,21)13-6-4-3-5-11(12)13/h2-6,12H,1,7-10H2,(H,16,18)(H,17,19). The topological polar surface area (TPSA) is 92.3 Å². The minimum absolute atomic E-state index is 0.0160. The van der Waals surface area contributed by atoms with Crippen LogP contribution < -0.4 is 10.6 Å². The lowest BCUT2D eigenvalue weighted by atomic mass is 10.0. The van der Waals surface area contributed by atoms with Gasteiger partial charge in [-0.1, -0.05) is 24.8 Å². The van der Waals surface area contributed by atoms with Crippen LogP contribution in [0.2, 0.25) is 0 Å². The average molecular weight is 322 g/mol. The SMILES string of the molecule is C=CC(=O)NCCC(=O)NC1CCS(=O)(=O)c2ccccc21. The highest BCUT2D eigenvalue weighted by Crippen LogP contribution is 2.31. The summed E-state index contributed by atoms with van der Waals surface area (Å²) in [6, 6.07) is 6.39. The second-order valence-electron chi connectivity index (χ2n) is 5.01. The van der Waals surface area contributed by atoms with Crippen molar-refractivity contribution < 1.29 is 18.0 Å². The molecule has 1 unspecified atom stereocenters. The number of hydrogen-bond donors (Lipinski definition) is 2. The number of amides is 2. The summed E-state index contributed by atoms with van der Waals surface area (Å²) in [5.41, 5.74) is 0.622. The first kappa shape index (κ1) is 16.2. The number of fused-ring (bicyclic) bond motifs is 1. The molecule has 0 bridgehead atoms. The van der Waals surface area contributed by atoms with Crippen LogP contribution in [0.4, 0.5) is 0 Å². The van der Waals surface area contributed by atoms with Crippen molar-refractivity contribution in [1.29, 1.82) is 0 Å². The van der Waals surface area contributed by atoms with Crippen molar-refractivity contribution in [3.8, 4) is 0 Å². The van der Waals surface area contributed by atoms with E-state index < -0.39 is 9.84 Å². The Morgan fingerprint density at radius 1 is 1.32 bits per heavy atom. The van der Waals surface area contributed by atoms with Gasteiger partial charge in [-0.25, -0.2) is 8.42 Å². The van der Waals surface area contributed by atoms with Gasteiger partial charge in [-0.2, -0.15) is 0 Å². The predicted molar refractivity (Wildman–Crippen MR) is 81.8 cm³/mol. The van der Waals surface area contributed by atoms with Gasteiger partial charge in [0.25, 0.3) is 0 Å². The molecule has 2 amide bonds. The van der Waals surface area contributed by atoms with Crippen LogP contribution in [0.3, 0.4) is 0 Å². The Bertz CT molecular complexity index is 697. The number of carbonyl (C=O) groups excluding carboxylic acids is 2. The number of hydrogen-bond acceptors (Lipinski definition) is 4. The second kappa shape index (κ2) is 6.74. The molecular weight excluding hydrogens is 304 g/mol. The smallest absolute Gasteiger partial charge is 0.243 e. The molecule has 2 rings (SSSR count). The lowest BCUT2D eigenvalue weighted by molar-refractivity contribution is -0.122. The summed E-state index contributed by atoms with van der Waals surface area (Å²) in [5.74, 6) is -0.548. The molecule has 1 atom stereocenters. The largest absolute Gasteiger partial charge is 0.352 e. The molecule has 2 N–H and O–H groups in total. The monoisotopic (exact) mass is 322 g/mol. The summed E-state index contributed by atoms with van der Waals surface area (Å²) in [6.07, 6.45) is 1.62. The molecule has 1 heterocycles. The van der Waals surface area contributed by atoms with Crippen LogP contribution in [0.1, 0.15) is 24.4 Å². The molecule has 0 saturated carbocycles. The summed E-state index contributed by atoms with van der Waals surface area (Å²) in [6.45, 7) is 3.53. The molecule has 0 aliphatic carbocycles. The lowest BCUT2D eigenvalue weighted by Crippen LogP contribution is -2.35. The van der Waals surface area contributed by atoms with Gasteiger partial charge in [-0.3, -0.25) is 9.59 Å². The maximum absolute atomic E-state index is 12.0. The van der Waals surface area contributed by atoms with E-state index in [2.05, 4.69) is 17.2 Å². The zero-order valence-corrected chi connectivity index (χ0v) is 12.9. The van der Waals surface area contributed by atoms with Gasteiger partial charge in [0.05, 0.1) is 16.7 Å². The van der Waals surface area contributed by atoms with Crippen molar-refractivity contribution in [1.82, 2.24) is 10.6 Å². The Morgan fingerprint density at radius 3 is 2.77 bits per heavy atom. The fourth-order valence-corrected chi connectivity index (χ4v) is 4.00. The molecule has 22 heavy (non-hydrogen) atoms. The van der Waals surface area contributed by atoms with Crippen LogP contribution in [0.25, 0.3) is 0 Å². The second-order valence-corrected chi connectivity index (χ2v) is 7.09. The van der Waals surface area contributed by atoms with E-state index >= 15 is 0 Å². The highest BCUT2D eigenvalue weighted by atomic mass is 32.2. The van der Waals surface area contributed by atoms with Crippen LogP contribution in [0.15, 0.2) is 41.8 Å². The molecular formula is C15H18N2O4S.